The van der Waals surface area contributed by atoms with Gasteiger partial charge < -0.3 is 19.3 Å². The molecule has 220 valence electrons. The second-order valence-corrected chi connectivity index (χ2v) is 12.4. The maximum absolute atomic E-state index is 14.4. The van der Waals surface area contributed by atoms with Crippen LogP contribution >= 0.6 is 0 Å². The summed E-state index contributed by atoms with van der Waals surface area (Å²) in [6, 6.07) is 7.98. The molecule has 10 nitrogen and oxygen atoms in total. The van der Waals surface area contributed by atoms with Gasteiger partial charge >= 0.3 is 0 Å². The maximum atomic E-state index is 14.4. The molecule has 4 aliphatic heterocycles. The van der Waals surface area contributed by atoms with Crippen LogP contribution in [0, 0.1) is 24.2 Å². The molecule has 5 aliphatic rings. The molecular formula is C31H42N6O4. The van der Waals surface area contributed by atoms with Gasteiger partial charge in [0.1, 0.15) is 5.75 Å². The van der Waals surface area contributed by atoms with Crippen LogP contribution in [0.15, 0.2) is 30.9 Å². The lowest BCUT2D eigenvalue weighted by Gasteiger charge is -2.53. The van der Waals surface area contributed by atoms with Crippen LogP contribution in [-0.2, 0) is 20.7 Å². The molecule has 1 saturated carbocycles. The fourth-order valence-electron chi connectivity index (χ4n) is 7.69. The Bertz CT molecular complexity index is 1230. The van der Waals surface area contributed by atoms with Crippen molar-refractivity contribution in [3.63, 3.8) is 0 Å². The Hall–Kier alpha value is -2.81. The van der Waals surface area contributed by atoms with Gasteiger partial charge in [0, 0.05) is 43.6 Å². The Morgan fingerprint density at radius 3 is 2.85 bits per heavy atom. The second-order valence-electron chi connectivity index (χ2n) is 12.4. The number of ether oxygens (including phenoxy) is 2. The van der Waals surface area contributed by atoms with E-state index in [9.17, 15) is 14.9 Å². The second kappa shape index (κ2) is 11.5. The summed E-state index contributed by atoms with van der Waals surface area (Å²) in [4.78, 5) is 33.3. The zero-order valence-corrected chi connectivity index (χ0v) is 24.2. The Kier molecular flexibility index (Phi) is 7.92. The number of fused-ring (bicyclic) bond motifs is 2. The molecule has 1 spiro atoms. The van der Waals surface area contributed by atoms with Gasteiger partial charge in [-0.1, -0.05) is 18.7 Å². The number of hydrogen-bond donors (Lipinski definition) is 2. The van der Waals surface area contributed by atoms with Crippen molar-refractivity contribution in [2.75, 3.05) is 39.8 Å². The summed E-state index contributed by atoms with van der Waals surface area (Å²) < 4.78 is 12.9. The first-order chi connectivity index (χ1) is 19.8. The van der Waals surface area contributed by atoms with Crippen molar-refractivity contribution in [2.45, 2.75) is 81.7 Å². The number of carbonyl (C=O) groups excluding carboxylic acids is 2. The molecule has 1 aromatic carbocycles. The van der Waals surface area contributed by atoms with E-state index in [1.807, 2.05) is 12.1 Å². The van der Waals surface area contributed by atoms with Crippen molar-refractivity contribution in [3.05, 3.63) is 42.0 Å². The van der Waals surface area contributed by atoms with E-state index < -0.39 is 18.0 Å². The molecule has 10 heteroatoms. The third kappa shape index (κ3) is 5.19. The van der Waals surface area contributed by atoms with E-state index in [-0.39, 0.29) is 36.2 Å². The molecule has 1 amide bonds. The summed E-state index contributed by atoms with van der Waals surface area (Å²) in [6.07, 6.45) is 5.25. The topological polar surface area (TPSA) is 110 Å². The van der Waals surface area contributed by atoms with Crippen molar-refractivity contribution in [1.82, 2.24) is 25.3 Å². The van der Waals surface area contributed by atoms with Gasteiger partial charge in [-0.15, -0.1) is 0 Å². The third-order valence-corrected chi connectivity index (χ3v) is 10.1. The monoisotopic (exact) mass is 562 g/mol. The van der Waals surface area contributed by atoms with Gasteiger partial charge in [0.25, 0.3) is 0 Å². The molecule has 0 aromatic heterocycles. The molecule has 2 N–H and O–H groups in total. The molecule has 0 bridgehead atoms. The molecule has 7 atom stereocenters. The number of piperazine rings is 1. The number of likely N-dealkylation sites (N-methyl/N-ethyl adjacent to an activating group) is 1. The largest absolute Gasteiger partial charge is 0.479 e. The van der Waals surface area contributed by atoms with E-state index >= 15 is 0 Å². The van der Waals surface area contributed by atoms with E-state index in [4.69, 9.17) is 9.47 Å². The summed E-state index contributed by atoms with van der Waals surface area (Å²) >= 11 is 0. The van der Waals surface area contributed by atoms with Crippen LogP contribution < -0.4 is 15.4 Å². The van der Waals surface area contributed by atoms with Gasteiger partial charge in [-0.25, -0.2) is 0 Å². The van der Waals surface area contributed by atoms with E-state index in [0.717, 1.165) is 42.7 Å². The molecular weight excluding hydrogens is 520 g/mol. The predicted octanol–water partition coefficient (Wildman–Crippen LogP) is 1.54. The fraction of sp³-hybridized carbons (Fsp3) is 0.645. The summed E-state index contributed by atoms with van der Waals surface area (Å²) in [5.41, 5.74) is 1.42. The smallest absolute Gasteiger partial charge is 0.246 e. The highest BCUT2D eigenvalue weighted by atomic mass is 16.5. The normalized spacial score (nSPS) is 35.5. The molecule has 41 heavy (non-hydrogen) atoms. The molecule has 1 aromatic rings. The average Bonchev–Trinajstić information content (AvgIpc) is 3.57. The molecule has 1 aliphatic carbocycles. The van der Waals surface area contributed by atoms with Gasteiger partial charge in [0.05, 0.1) is 37.3 Å². The zero-order chi connectivity index (χ0) is 28.7. The number of aryl methyl sites for hydroxylation is 1. The van der Waals surface area contributed by atoms with Crippen LogP contribution in [0.4, 0.5) is 0 Å². The number of nitrogens with zero attached hydrogens (tertiary/aromatic N) is 4. The minimum absolute atomic E-state index is 0.0000649. The van der Waals surface area contributed by atoms with Crippen molar-refractivity contribution in [3.8, 4) is 11.8 Å². The first-order valence-corrected chi connectivity index (χ1v) is 15.0. The summed E-state index contributed by atoms with van der Waals surface area (Å²) in [5, 5.41) is 16.7. The van der Waals surface area contributed by atoms with E-state index in [1.54, 1.807) is 4.90 Å². The molecule has 3 saturated heterocycles. The van der Waals surface area contributed by atoms with Crippen LogP contribution in [0.5, 0.6) is 5.75 Å². The number of benzene rings is 1. The predicted molar refractivity (Wildman–Crippen MR) is 153 cm³/mol. The highest BCUT2D eigenvalue weighted by molar-refractivity contribution is 5.95. The molecule has 4 heterocycles. The molecule has 4 fully saturated rings. The van der Waals surface area contributed by atoms with Crippen molar-refractivity contribution in [1.29, 1.82) is 5.26 Å². The lowest BCUT2D eigenvalue weighted by atomic mass is 9.70. The Morgan fingerprint density at radius 2 is 2.12 bits per heavy atom. The number of likely N-dealkylation sites (tertiary alicyclic amines) is 1. The van der Waals surface area contributed by atoms with Gasteiger partial charge in [-0.3, -0.25) is 25.1 Å². The number of amides is 1. The minimum Gasteiger partial charge on any atom is -0.479 e. The average molecular weight is 563 g/mol. The Labute approximate surface area is 242 Å². The van der Waals surface area contributed by atoms with Gasteiger partial charge in [0.2, 0.25) is 5.91 Å². The lowest BCUT2D eigenvalue weighted by Crippen LogP contribution is -2.75. The quantitative estimate of drug-likeness (QED) is 0.499. The van der Waals surface area contributed by atoms with E-state index in [1.165, 1.54) is 6.08 Å². The van der Waals surface area contributed by atoms with Crippen molar-refractivity contribution >= 4 is 11.7 Å². The van der Waals surface area contributed by atoms with E-state index in [0.29, 0.717) is 45.1 Å². The Morgan fingerprint density at radius 1 is 1.27 bits per heavy atom. The standard InChI is InChI=1S/C31H42N6O4/c1-4-26(38)37-16-15-36(18-21(37)11-13-32)29-23-10-12-31(17-24-20(2)7-5-9-25(24)41-31)28(39)27(23)33-30(34-29)40-19-22-8-6-14-35(22)3/h4-5,7,9,21-23,27,29-30,33-34H,1,6,8,10-12,14-19H2,2-3H3/t21?,22?,23?,27?,29?,30?,31-/m0/s1. The first kappa shape index (κ1) is 28.3. The van der Waals surface area contributed by atoms with Gasteiger partial charge in [-0.2, -0.15) is 5.26 Å². The van der Waals surface area contributed by atoms with Crippen molar-refractivity contribution < 1.29 is 19.1 Å². The number of carbonyl (C=O) groups is 2. The fourth-order valence-corrected chi connectivity index (χ4v) is 7.69. The Balaban J connectivity index is 1.24. The van der Waals surface area contributed by atoms with E-state index in [2.05, 4.69) is 53.1 Å². The van der Waals surface area contributed by atoms with Gasteiger partial charge in [0.15, 0.2) is 17.7 Å². The highest BCUT2D eigenvalue weighted by Crippen LogP contribution is 2.45. The molecule has 6 rings (SSSR count). The summed E-state index contributed by atoms with van der Waals surface area (Å²) in [7, 11) is 2.13. The highest BCUT2D eigenvalue weighted by Gasteiger charge is 2.58. The summed E-state index contributed by atoms with van der Waals surface area (Å²) in [6.45, 7) is 9.06. The minimum atomic E-state index is -0.862. The van der Waals surface area contributed by atoms with Gasteiger partial charge in [-0.05, 0) is 63.9 Å². The summed E-state index contributed by atoms with van der Waals surface area (Å²) in [5.74, 6) is 0.768. The van der Waals surface area contributed by atoms with Crippen LogP contribution in [0.2, 0.25) is 0 Å². The molecule has 6 unspecified atom stereocenters. The van der Waals surface area contributed by atoms with Crippen LogP contribution in [-0.4, -0.2) is 102 Å². The number of nitriles is 1. The van der Waals surface area contributed by atoms with Crippen LogP contribution in [0.3, 0.4) is 0 Å². The van der Waals surface area contributed by atoms with Crippen LogP contribution in [0.1, 0.15) is 43.2 Å². The first-order valence-electron chi connectivity index (χ1n) is 15.0. The third-order valence-electron chi connectivity index (χ3n) is 10.1. The zero-order valence-electron chi connectivity index (χ0n) is 24.2. The number of ketones is 1. The number of Topliss-reactive ketones (excluding diaryl/α,β-unsaturated/α-hetero) is 1. The number of hydrogen-bond acceptors (Lipinski definition) is 9. The SMILES string of the molecule is C=CC(=O)N1CCN(C2NC(OCC3CCCN3C)NC3C(=O)[C@]4(CCC32)Cc2c(C)cccc2O4)CC1CC#N. The molecule has 0 radical (unpaired) electrons. The number of rotatable bonds is 6. The number of nitrogens with one attached hydrogen (secondary N) is 2. The maximum Gasteiger partial charge on any atom is 0.246 e. The van der Waals surface area contributed by atoms with Crippen LogP contribution in [0.25, 0.3) is 0 Å². The lowest BCUT2D eigenvalue weighted by molar-refractivity contribution is -0.157. The van der Waals surface area contributed by atoms with Crippen molar-refractivity contribution in [2.24, 2.45) is 5.92 Å².